The summed E-state index contributed by atoms with van der Waals surface area (Å²) in [5.41, 5.74) is 3.06. The lowest BCUT2D eigenvalue weighted by molar-refractivity contribution is 0.435. The topological polar surface area (TPSA) is 110 Å². The lowest BCUT2D eigenvalue weighted by atomic mass is 10.1. The Labute approximate surface area is 167 Å². The van der Waals surface area contributed by atoms with E-state index in [-0.39, 0.29) is 10.8 Å². The predicted molar refractivity (Wildman–Crippen MR) is 109 cm³/mol. The van der Waals surface area contributed by atoms with Crippen molar-refractivity contribution in [2.45, 2.75) is 11.8 Å². The molecule has 4 rings (SSSR count). The molecule has 8 nitrogen and oxygen atoms in total. The maximum atomic E-state index is 12.5. The van der Waals surface area contributed by atoms with Crippen LogP contribution in [0.2, 0.25) is 0 Å². The van der Waals surface area contributed by atoms with Gasteiger partial charge in [-0.3, -0.25) is 0 Å². The number of sulfonamides is 1. The van der Waals surface area contributed by atoms with E-state index in [9.17, 15) is 8.42 Å². The van der Waals surface area contributed by atoms with E-state index in [1.54, 1.807) is 19.1 Å². The maximum absolute atomic E-state index is 12.5. The first-order chi connectivity index (χ1) is 14.0. The number of hydrogen-bond acceptors (Lipinski definition) is 7. The van der Waals surface area contributed by atoms with E-state index in [0.717, 1.165) is 11.3 Å². The molecule has 0 aliphatic carbocycles. The van der Waals surface area contributed by atoms with Crippen LogP contribution in [0, 0.1) is 6.92 Å². The number of nitrogens with one attached hydrogen (secondary N) is 2. The van der Waals surface area contributed by atoms with Gasteiger partial charge in [0.15, 0.2) is 0 Å². The van der Waals surface area contributed by atoms with Crippen LogP contribution in [0.1, 0.15) is 5.56 Å². The minimum Gasteiger partial charge on any atom is -0.340 e. The number of hydrogen-bond donors (Lipinski definition) is 2. The first-order valence-corrected chi connectivity index (χ1v) is 10.2. The van der Waals surface area contributed by atoms with E-state index in [1.807, 2.05) is 36.4 Å². The third kappa shape index (κ3) is 4.25. The van der Waals surface area contributed by atoms with Crippen LogP contribution >= 0.6 is 0 Å². The number of rotatable bonds is 6. The van der Waals surface area contributed by atoms with Gasteiger partial charge in [0.2, 0.25) is 5.88 Å². The van der Waals surface area contributed by atoms with Crippen molar-refractivity contribution in [3.05, 3.63) is 78.8 Å². The highest BCUT2D eigenvalue weighted by molar-refractivity contribution is 7.92. The van der Waals surface area contributed by atoms with E-state index < -0.39 is 10.0 Å². The van der Waals surface area contributed by atoms with E-state index in [1.165, 1.54) is 24.7 Å². The zero-order valence-corrected chi connectivity index (χ0v) is 16.2. The van der Waals surface area contributed by atoms with Crippen LogP contribution in [0.15, 0.2) is 82.6 Å². The van der Waals surface area contributed by atoms with Crippen LogP contribution in [0.5, 0.6) is 0 Å². The van der Waals surface area contributed by atoms with Crippen LogP contribution in [0.25, 0.3) is 11.3 Å². The molecule has 0 radical (unpaired) electrons. The van der Waals surface area contributed by atoms with Crippen molar-refractivity contribution in [2.75, 3.05) is 10.0 Å². The van der Waals surface area contributed by atoms with E-state index in [4.69, 9.17) is 4.52 Å². The van der Waals surface area contributed by atoms with Crippen molar-refractivity contribution >= 4 is 27.4 Å². The molecule has 0 saturated carbocycles. The molecule has 0 aliphatic heterocycles. The van der Waals surface area contributed by atoms with Crippen molar-refractivity contribution in [2.24, 2.45) is 0 Å². The highest BCUT2D eigenvalue weighted by Crippen LogP contribution is 2.23. The third-order valence-corrected chi connectivity index (χ3v) is 5.50. The first kappa shape index (κ1) is 18.6. The molecule has 0 fully saturated rings. The molecule has 0 spiro atoms. The monoisotopic (exact) mass is 407 g/mol. The Bertz CT molecular complexity index is 1220. The zero-order chi connectivity index (χ0) is 20.3. The maximum Gasteiger partial charge on any atom is 0.264 e. The van der Waals surface area contributed by atoms with Gasteiger partial charge < -0.3 is 9.84 Å². The molecule has 4 aromatic rings. The van der Waals surface area contributed by atoms with Gasteiger partial charge in [0, 0.05) is 22.9 Å². The number of anilines is 3. The second-order valence-corrected chi connectivity index (χ2v) is 7.93. The standard InChI is InChI=1S/C20H17N5O3S/c1-14-12-23-28-20(14)25-29(26,27)17-9-7-16(8-10-17)24-19-11-18(21-13-22-19)15-5-3-2-4-6-15/h2-13,25H,1H3,(H,21,22,24). The molecule has 2 aromatic carbocycles. The Morgan fingerprint density at radius 2 is 1.72 bits per heavy atom. The largest absolute Gasteiger partial charge is 0.340 e. The Morgan fingerprint density at radius 3 is 2.41 bits per heavy atom. The van der Waals surface area contributed by atoms with Crippen molar-refractivity contribution in [3.8, 4) is 11.3 Å². The van der Waals surface area contributed by atoms with Crippen LogP contribution < -0.4 is 10.0 Å². The molecule has 2 heterocycles. The van der Waals surface area contributed by atoms with Crippen molar-refractivity contribution in [1.29, 1.82) is 0 Å². The fourth-order valence-electron chi connectivity index (χ4n) is 2.63. The smallest absolute Gasteiger partial charge is 0.264 e. The van der Waals surface area contributed by atoms with Gasteiger partial charge in [0.25, 0.3) is 10.0 Å². The SMILES string of the molecule is Cc1cnoc1NS(=O)(=O)c1ccc(Nc2cc(-c3ccccc3)ncn2)cc1. The Morgan fingerprint density at radius 1 is 0.966 bits per heavy atom. The summed E-state index contributed by atoms with van der Waals surface area (Å²) in [5, 5.41) is 6.72. The van der Waals surface area contributed by atoms with Gasteiger partial charge in [0.1, 0.15) is 12.1 Å². The summed E-state index contributed by atoms with van der Waals surface area (Å²) < 4.78 is 32.3. The van der Waals surface area contributed by atoms with Crippen LogP contribution in [-0.4, -0.2) is 23.5 Å². The average Bonchev–Trinajstić information content (AvgIpc) is 3.13. The normalized spacial score (nSPS) is 11.2. The first-order valence-electron chi connectivity index (χ1n) is 8.70. The minimum absolute atomic E-state index is 0.0987. The number of benzene rings is 2. The minimum atomic E-state index is -3.78. The zero-order valence-electron chi connectivity index (χ0n) is 15.4. The van der Waals surface area contributed by atoms with Gasteiger partial charge >= 0.3 is 0 Å². The summed E-state index contributed by atoms with van der Waals surface area (Å²) in [6.45, 7) is 1.70. The van der Waals surface area contributed by atoms with Crippen LogP contribution in [-0.2, 0) is 10.0 Å². The molecule has 2 N–H and O–H groups in total. The van der Waals surface area contributed by atoms with E-state index in [2.05, 4.69) is 25.2 Å². The quantitative estimate of drug-likeness (QED) is 0.497. The lowest BCUT2D eigenvalue weighted by Gasteiger charge is -2.09. The highest BCUT2D eigenvalue weighted by atomic mass is 32.2. The van der Waals surface area contributed by atoms with Gasteiger partial charge in [-0.1, -0.05) is 35.5 Å². The van der Waals surface area contributed by atoms with Gasteiger partial charge in [-0.15, -0.1) is 0 Å². The highest BCUT2D eigenvalue weighted by Gasteiger charge is 2.17. The molecule has 29 heavy (non-hydrogen) atoms. The molecule has 0 aliphatic rings. The molecular weight excluding hydrogens is 390 g/mol. The summed E-state index contributed by atoms with van der Waals surface area (Å²) in [7, 11) is -3.78. The predicted octanol–water partition coefficient (Wildman–Crippen LogP) is 3.98. The molecule has 0 atom stereocenters. The van der Waals surface area contributed by atoms with Crippen molar-refractivity contribution < 1.29 is 12.9 Å². The molecule has 0 saturated heterocycles. The second-order valence-electron chi connectivity index (χ2n) is 6.25. The molecule has 2 aromatic heterocycles. The van der Waals surface area contributed by atoms with E-state index >= 15 is 0 Å². The molecular formula is C20H17N5O3S. The fourth-order valence-corrected chi connectivity index (χ4v) is 3.68. The Balaban J connectivity index is 1.51. The lowest BCUT2D eigenvalue weighted by Crippen LogP contribution is -2.13. The van der Waals surface area contributed by atoms with Gasteiger partial charge in [-0.25, -0.2) is 23.1 Å². The molecule has 146 valence electrons. The molecule has 0 bridgehead atoms. The summed E-state index contributed by atoms with van der Waals surface area (Å²) in [5.74, 6) is 0.700. The van der Waals surface area contributed by atoms with Gasteiger partial charge in [-0.2, -0.15) is 0 Å². The van der Waals surface area contributed by atoms with Gasteiger partial charge in [0.05, 0.1) is 16.8 Å². The summed E-state index contributed by atoms with van der Waals surface area (Å²) in [4.78, 5) is 8.61. The van der Waals surface area contributed by atoms with Crippen LogP contribution in [0.3, 0.4) is 0 Å². The number of aryl methyl sites for hydroxylation is 1. The molecule has 9 heteroatoms. The summed E-state index contributed by atoms with van der Waals surface area (Å²) in [6.07, 6.45) is 2.92. The van der Waals surface area contributed by atoms with Crippen LogP contribution in [0.4, 0.5) is 17.4 Å². The fraction of sp³-hybridized carbons (Fsp3) is 0.0500. The number of aromatic nitrogens is 3. The molecule has 0 unspecified atom stereocenters. The van der Waals surface area contributed by atoms with E-state index in [0.29, 0.717) is 17.1 Å². The van der Waals surface area contributed by atoms with Crippen molar-refractivity contribution in [1.82, 2.24) is 15.1 Å². The van der Waals surface area contributed by atoms with Gasteiger partial charge in [-0.05, 0) is 31.2 Å². The Hall–Kier alpha value is -3.72. The summed E-state index contributed by atoms with van der Waals surface area (Å²) >= 11 is 0. The average molecular weight is 407 g/mol. The molecule has 0 amide bonds. The third-order valence-electron chi connectivity index (χ3n) is 4.15. The number of nitrogens with zero attached hydrogens (tertiary/aromatic N) is 3. The summed E-state index contributed by atoms with van der Waals surface area (Å²) in [6, 6.07) is 17.9. The Kier molecular flexibility index (Phi) is 4.96. The second kappa shape index (κ2) is 7.72. The van der Waals surface area contributed by atoms with Crippen molar-refractivity contribution in [3.63, 3.8) is 0 Å².